The standard InChI is InChI=1S/C12H11Si.C9H7.C4H10N.2ClH.Zr/c1-3-7-11(8-4-1)13-12-9-5-2-6-10-12;1-2-5-9-7-3-6-8(9)4-1;1-3-4(2)5;;;/h1-10,13H;1-7H;4-5H,3H2,1-2H3;2*1H;/q;;-1;;;+3/p-2. The Kier molecular flexibility index (Phi) is 10.3. The summed E-state index contributed by atoms with van der Waals surface area (Å²) in [4.78, 5) is 0. The molecule has 0 fully saturated rings. The van der Waals surface area contributed by atoms with Gasteiger partial charge in [-0.1, -0.05) is 0 Å². The van der Waals surface area contributed by atoms with E-state index in [1.807, 2.05) is 0 Å². The summed E-state index contributed by atoms with van der Waals surface area (Å²) in [6, 6.07) is 32.3. The second-order valence-corrected chi connectivity index (χ2v) is 22.2. The van der Waals surface area contributed by atoms with Gasteiger partial charge in [-0.25, -0.2) is 0 Å². The van der Waals surface area contributed by atoms with Crippen LogP contribution in [0.1, 0.15) is 35.0 Å². The molecule has 30 heavy (non-hydrogen) atoms. The second kappa shape index (κ2) is 12.2. The Labute approximate surface area is 202 Å². The van der Waals surface area contributed by atoms with E-state index >= 15 is 0 Å². The fourth-order valence-electron chi connectivity index (χ4n) is 4.10. The molecule has 0 aromatic heterocycles. The zero-order valence-electron chi connectivity index (χ0n) is 17.4. The zero-order chi connectivity index (χ0) is 19.3. The van der Waals surface area contributed by atoms with Crippen LogP contribution in [0.5, 0.6) is 0 Å². The summed E-state index contributed by atoms with van der Waals surface area (Å²) >= 11 is -2.11. The molecule has 0 aliphatic heterocycles. The Morgan fingerprint density at radius 3 is 1.93 bits per heavy atom. The Morgan fingerprint density at radius 1 is 0.833 bits per heavy atom. The summed E-state index contributed by atoms with van der Waals surface area (Å²) < 4.78 is 4.87. The van der Waals surface area contributed by atoms with E-state index in [9.17, 15) is 0 Å². The molecule has 0 radical (unpaired) electrons. The van der Waals surface area contributed by atoms with E-state index in [-0.39, 0.29) is 24.8 Å². The maximum Gasteiger partial charge on any atom is -1.00 e. The van der Waals surface area contributed by atoms with Crippen LogP contribution < -0.4 is 38.4 Å². The molecule has 1 nitrogen and oxygen atoms in total. The van der Waals surface area contributed by atoms with E-state index in [1.54, 1.807) is 15.9 Å². The average molecular weight is 533 g/mol. The van der Waals surface area contributed by atoms with Crippen LogP contribution in [0.25, 0.3) is 6.08 Å². The van der Waals surface area contributed by atoms with Crippen molar-refractivity contribution in [2.45, 2.75) is 29.9 Å². The summed E-state index contributed by atoms with van der Waals surface area (Å²) in [6.45, 7) is 4.67. The van der Waals surface area contributed by atoms with Crippen LogP contribution >= 0.6 is 0 Å². The first-order chi connectivity index (χ1) is 13.8. The van der Waals surface area contributed by atoms with Crippen molar-refractivity contribution >= 4 is 22.4 Å². The van der Waals surface area contributed by atoms with Crippen LogP contribution in [0, 0.1) is 0 Å². The van der Waals surface area contributed by atoms with Gasteiger partial charge in [-0.2, -0.15) is 0 Å². The number of nitrogens with one attached hydrogen (secondary N) is 1. The van der Waals surface area contributed by atoms with Gasteiger partial charge in [0.15, 0.2) is 0 Å². The van der Waals surface area contributed by atoms with Crippen LogP contribution in [0.3, 0.4) is 0 Å². The molecule has 0 bridgehead atoms. The van der Waals surface area contributed by atoms with Gasteiger partial charge in [0.2, 0.25) is 0 Å². The van der Waals surface area contributed by atoms with Crippen molar-refractivity contribution in [3.05, 3.63) is 102 Å². The van der Waals surface area contributed by atoms with Gasteiger partial charge in [-0.15, -0.1) is 0 Å². The summed E-state index contributed by atoms with van der Waals surface area (Å²) in [7, 11) is 0. The minimum absolute atomic E-state index is 0. The molecule has 0 amide bonds. The van der Waals surface area contributed by atoms with E-state index in [0.717, 1.165) is 0 Å². The largest absolute Gasteiger partial charge is 1.00 e. The van der Waals surface area contributed by atoms with Crippen LogP contribution in [-0.2, 0) is 21.2 Å². The topological polar surface area (TPSA) is 12.0 Å². The van der Waals surface area contributed by atoms with Crippen LogP contribution in [0.4, 0.5) is 0 Å². The molecule has 1 N–H and O–H groups in total. The Morgan fingerprint density at radius 2 is 1.37 bits per heavy atom. The van der Waals surface area contributed by atoms with Crippen LogP contribution in [-0.4, -0.2) is 12.0 Å². The van der Waals surface area contributed by atoms with Crippen molar-refractivity contribution in [2.75, 3.05) is 0 Å². The van der Waals surface area contributed by atoms with Crippen molar-refractivity contribution in [3.8, 4) is 0 Å². The molecule has 1 aliphatic carbocycles. The van der Waals surface area contributed by atoms with Crippen molar-refractivity contribution in [1.82, 2.24) is 3.26 Å². The number of hydrogen-bond acceptors (Lipinski definition) is 1. The third-order valence-electron chi connectivity index (χ3n) is 5.74. The first kappa shape index (κ1) is 25.3. The molecule has 155 valence electrons. The van der Waals surface area contributed by atoms with Crippen molar-refractivity contribution in [3.63, 3.8) is 0 Å². The second-order valence-electron chi connectivity index (χ2n) is 7.63. The van der Waals surface area contributed by atoms with Gasteiger partial charge in [0.1, 0.15) is 0 Å². The summed E-state index contributed by atoms with van der Waals surface area (Å²) in [5.74, 6) is -1.31. The number of allylic oxidation sites excluding steroid dienone is 1. The molecule has 3 aromatic carbocycles. The molecule has 1 aliphatic rings. The van der Waals surface area contributed by atoms with Gasteiger partial charge in [0.05, 0.1) is 0 Å². The summed E-state index contributed by atoms with van der Waals surface area (Å²) in [5, 5.41) is 3.19. The third kappa shape index (κ3) is 5.64. The van der Waals surface area contributed by atoms with Crippen molar-refractivity contribution in [1.29, 1.82) is 0 Å². The predicted molar refractivity (Wildman–Crippen MR) is 120 cm³/mol. The predicted octanol–water partition coefficient (Wildman–Crippen LogP) is -1.78. The van der Waals surface area contributed by atoms with E-state index in [0.29, 0.717) is 9.67 Å². The zero-order valence-corrected chi connectivity index (χ0v) is 22.6. The average Bonchev–Trinajstić information content (AvgIpc) is 3.19. The summed E-state index contributed by atoms with van der Waals surface area (Å²) in [6.07, 6.45) is 6.06. The van der Waals surface area contributed by atoms with Gasteiger partial charge in [-0.05, 0) is 0 Å². The van der Waals surface area contributed by atoms with E-state index < -0.39 is 27.1 Å². The Balaban J connectivity index is 0.00000160. The van der Waals surface area contributed by atoms with Gasteiger partial charge in [0, 0.05) is 0 Å². The number of fused-ring (bicyclic) bond motifs is 1. The molecule has 3 aromatic rings. The SMILES string of the molecule is CCC(C)[NH][Zr+2]([CH]1C=Cc2ccccc21)[SiH](c1ccccc1)c1ccccc1.[Cl-].[Cl-]. The smallest absolute Gasteiger partial charge is 1.00 e. The number of benzene rings is 3. The maximum atomic E-state index is 4.25. The maximum absolute atomic E-state index is 4.25. The van der Waals surface area contributed by atoms with Gasteiger partial charge >= 0.3 is 179 Å². The molecule has 0 spiro atoms. The molecule has 0 saturated carbocycles. The van der Waals surface area contributed by atoms with E-state index in [2.05, 4.69) is 114 Å². The van der Waals surface area contributed by atoms with Gasteiger partial charge in [0.25, 0.3) is 0 Å². The first-order valence-electron chi connectivity index (χ1n) is 10.3. The monoisotopic (exact) mass is 530 g/mol. The molecular formula is C25H28Cl2NSiZr. The van der Waals surface area contributed by atoms with E-state index in [1.165, 1.54) is 12.0 Å². The first-order valence-corrected chi connectivity index (χ1v) is 18.9. The van der Waals surface area contributed by atoms with Crippen LogP contribution in [0.2, 0.25) is 0 Å². The van der Waals surface area contributed by atoms with Crippen molar-refractivity contribution < 1.29 is 46.0 Å². The van der Waals surface area contributed by atoms with Crippen molar-refractivity contribution in [2.24, 2.45) is 0 Å². The molecule has 0 heterocycles. The fourth-order valence-corrected chi connectivity index (χ4v) is 26.9. The molecule has 4 rings (SSSR count). The fraction of sp³-hybridized carbons (Fsp3) is 0.200. The van der Waals surface area contributed by atoms with Gasteiger partial charge in [-0.3, -0.25) is 0 Å². The number of rotatable bonds is 7. The molecule has 5 heteroatoms. The van der Waals surface area contributed by atoms with Crippen LogP contribution in [0.15, 0.2) is 91.0 Å². The third-order valence-corrected chi connectivity index (χ3v) is 26.0. The minimum atomic E-state index is -2.11. The molecule has 2 unspecified atom stereocenters. The Hall–Kier alpha value is -0.960. The quantitative estimate of drug-likeness (QED) is 0.355. The number of hydrogen-bond donors (Lipinski definition) is 1. The Bertz CT molecular complexity index is 897. The normalized spacial score (nSPS) is 15.1. The van der Waals surface area contributed by atoms with Gasteiger partial charge < -0.3 is 24.8 Å². The molecule has 2 atom stereocenters. The summed E-state index contributed by atoms with van der Waals surface area (Å²) in [5.41, 5.74) is 2.97. The molecular weight excluding hydrogens is 504 g/mol. The molecule has 0 saturated heterocycles. The van der Waals surface area contributed by atoms with E-state index in [4.69, 9.17) is 0 Å². The number of halogens is 2. The minimum Gasteiger partial charge on any atom is -1.00 e.